The molecule has 0 rings (SSSR count). The number of rotatable bonds is 9. The van der Waals surface area contributed by atoms with Crippen LogP contribution in [-0.2, 0) is 9.53 Å². The van der Waals surface area contributed by atoms with Gasteiger partial charge in [-0.25, -0.2) is 0 Å². The molecule has 0 spiro atoms. The van der Waals surface area contributed by atoms with Crippen molar-refractivity contribution >= 4 is 5.97 Å². The zero-order valence-electron chi connectivity index (χ0n) is 11.9. The Hall–Kier alpha value is -0.570. The molecule has 0 amide bonds. The zero-order valence-corrected chi connectivity index (χ0v) is 11.9. The minimum atomic E-state index is -0.460. The molecule has 0 aliphatic heterocycles. The lowest BCUT2D eigenvalue weighted by Gasteiger charge is -2.17. The summed E-state index contributed by atoms with van der Waals surface area (Å²) in [6, 6.07) is -0.460. The first-order chi connectivity index (χ1) is 8.01. The fourth-order valence-corrected chi connectivity index (χ4v) is 1.81. The summed E-state index contributed by atoms with van der Waals surface area (Å²) in [5, 5.41) is 0. The lowest BCUT2D eigenvalue weighted by Crippen LogP contribution is -2.34. The van der Waals surface area contributed by atoms with Crippen LogP contribution < -0.4 is 5.73 Å². The molecule has 0 saturated carbocycles. The normalized spacial score (nSPS) is 14.7. The van der Waals surface area contributed by atoms with E-state index in [4.69, 9.17) is 10.5 Å². The van der Waals surface area contributed by atoms with Gasteiger partial charge in [0.25, 0.3) is 0 Å². The highest BCUT2D eigenvalue weighted by Crippen LogP contribution is 2.13. The summed E-state index contributed by atoms with van der Waals surface area (Å²) in [4.78, 5) is 11.6. The largest absolute Gasteiger partial charge is 0.464 e. The number of unbranched alkanes of at least 4 members (excludes halogenated alkanes) is 1. The number of hydrogen-bond acceptors (Lipinski definition) is 3. The van der Waals surface area contributed by atoms with Gasteiger partial charge in [0.05, 0.1) is 6.61 Å². The predicted molar refractivity (Wildman–Crippen MR) is 71.7 cm³/mol. The second-order valence-corrected chi connectivity index (χ2v) is 5.28. The second kappa shape index (κ2) is 9.46. The maximum atomic E-state index is 11.6. The van der Waals surface area contributed by atoms with Crippen molar-refractivity contribution in [3.63, 3.8) is 0 Å². The lowest BCUT2D eigenvalue weighted by molar-refractivity contribution is -0.147. The van der Waals surface area contributed by atoms with E-state index in [0.717, 1.165) is 12.8 Å². The van der Waals surface area contributed by atoms with Crippen LogP contribution in [0.25, 0.3) is 0 Å². The fraction of sp³-hybridized carbons (Fsp3) is 0.929. The van der Waals surface area contributed by atoms with Gasteiger partial charge >= 0.3 is 5.97 Å². The van der Waals surface area contributed by atoms with Gasteiger partial charge in [0, 0.05) is 0 Å². The third-order valence-electron chi connectivity index (χ3n) is 3.03. The molecule has 0 aromatic heterocycles. The Balaban J connectivity index is 3.86. The van der Waals surface area contributed by atoms with Gasteiger partial charge < -0.3 is 10.5 Å². The molecule has 102 valence electrons. The summed E-state index contributed by atoms with van der Waals surface area (Å²) in [7, 11) is 0. The first kappa shape index (κ1) is 16.4. The fourth-order valence-electron chi connectivity index (χ4n) is 1.81. The summed E-state index contributed by atoms with van der Waals surface area (Å²) in [5.74, 6) is 0.679. The summed E-state index contributed by atoms with van der Waals surface area (Å²) >= 11 is 0. The van der Waals surface area contributed by atoms with E-state index in [2.05, 4.69) is 27.7 Å². The Bertz CT molecular complexity index is 204. The molecular weight excluding hydrogens is 214 g/mol. The predicted octanol–water partition coefficient (Wildman–Crippen LogP) is 3.12. The number of nitrogens with two attached hydrogens (primary N) is 1. The molecule has 3 nitrogen and oxygen atoms in total. The molecule has 17 heavy (non-hydrogen) atoms. The van der Waals surface area contributed by atoms with Gasteiger partial charge in [-0.2, -0.15) is 0 Å². The van der Waals surface area contributed by atoms with Crippen LogP contribution in [0, 0.1) is 11.8 Å². The maximum Gasteiger partial charge on any atom is 0.322 e. The van der Waals surface area contributed by atoms with E-state index in [1.807, 2.05) is 0 Å². The molecule has 0 aliphatic rings. The molecule has 2 atom stereocenters. The molecular formula is C14H29NO2. The van der Waals surface area contributed by atoms with Crippen LogP contribution >= 0.6 is 0 Å². The monoisotopic (exact) mass is 243 g/mol. The van der Waals surface area contributed by atoms with Gasteiger partial charge in [0.2, 0.25) is 0 Å². The molecule has 0 fully saturated rings. The molecule has 0 aromatic rings. The molecule has 0 saturated heterocycles. The summed E-state index contributed by atoms with van der Waals surface area (Å²) < 4.78 is 5.29. The molecule has 0 heterocycles. The third-order valence-corrected chi connectivity index (χ3v) is 3.03. The Morgan fingerprint density at radius 3 is 2.41 bits per heavy atom. The van der Waals surface area contributed by atoms with Crippen molar-refractivity contribution in [1.29, 1.82) is 0 Å². The number of esters is 1. The molecule has 0 aromatic carbocycles. The SMILES string of the molecule is CCCCC(CC)COC(=O)C(N)CC(C)C. The van der Waals surface area contributed by atoms with Crippen LogP contribution in [-0.4, -0.2) is 18.6 Å². The van der Waals surface area contributed by atoms with Crippen LogP contribution in [0.2, 0.25) is 0 Å². The number of carbonyl (C=O) groups excluding carboxylic acids is 1. The summed E-state index contributed by atoms with van der Waals surface area (Å²) in [6.45, 7) is 8.97. The summed E-state index contributed by atoms with van der Waals surface area (Å²) in [6.07, 6.45) is 5.29. The summed E-state index contributed by atoms with van der Waals surface area (Å²) in [5.41, 5.74) is 5.77. The van der Waals surface area contributed by atoms with Crippen molar-refractivity contribution < 1.29 is 9.53 Å². The van der Waals surface area contributed by atoms with Crippen LogP contribution in [0.5, 0.6) is 0 Å². The van der Waals surface area contributed by atoms with E-state index < -0.39 is 6.04 Å². The Kier molecular flexibility index (Phi) is 9.14. The quantitative estimate of drug-likeness (QED) is 0.633. The van der Waals surface area contributed by atoms with Gasteiger partial charge in [-0.3, -0.25) is 4.79 Å². The topological polar surface area (TPSA) is 52.3 Å². The van der Waals surface area contributed by atoms with Gasteiger partial charge in [-0.15, -0.1) is 0 Å². The van der Waals surface area contributed by atoms with Crippen LogP contribution in [0.3, 0.4) is 0 Å². The van der Waals surface area contributed by atoms with Crippen molar-refractivity contribution in [2.45, 2.75) is 65.8 Å². The lowest BCUT2D eigenvalue weighted by atomic mass is 10.0. The molecule has 2 unspecified atom stereocenters. The number of carbonyl (C=O) groups is 1. The van der Waals surface area contributed by atoms with E-state index in [-0.39, 0.29) is 5.97 Å². The van der Waals surface area contributed by atoms with E-state index in [1.54, 1.807) is 0 Å². The average molecular weight is 243 g/mol. The first-order valence-electron chi connectivity index (χ1n) is 6.93. The van der Waals surface area contributed by atoms with E-state index in [9.17, 15) is 4.79 Å². The van der Waals surface area contributed by atoms with Crippen LogP contribution in [0.1, 0.15) is 59.8 Å². The van der Waals surface area contributed by atoms with Gasteiger partial charge in [-0.1, -0.05) is 47.0 Å². The van der Waals surface area contributed by atoms with E-state index in [0.29, 0.717) is 24.9 Å². The first-order valence-corrected chi connectivity index (χ1v) is 6.93. The van der Waals surface area contributed by atoms with Crippen molar-refractivity contribution in [3.05, 3.63) is 0 Å². The number of hydrogen-bond donors (Lipinski definition) is 1. The highest BCUT2D eigenvalue weighted by atomic mass is 16.5. The minimum absolute atomic E-state index is 0.242. The van der Waals surface area contributed by atoms with Gasteiger partial charge in [0.1, 0.15) is 6.04 Å². The smallest absolute Gasteiger partial charge is 0.322 e. The highest BCUT2D eigenvalue weighted by molar-refractivity contribution is 5.75. The molecule has 0 aliphatic carbocycles. The van der Waals surface area contributed by atoms with Crippen LogP contribution in [0.15, 0.2) is 0 Å². The third kappa shape index (κ3) is 8.19. The zero-order chi connectivity index (χ0) is 13.3. The standard InChI is InChI=1S/C14H29NO2/c1-5-7-8-12(6-2)10-17-14(16)13(15)9-11(3)4/h11-13H,5-10,15H2,1-4H3. The number of ether oxygens (including phenoxy) is 1. The van der Waals surface area contributed by atoms with Gasteiger partial charge in [-0.05, 0) is 24.7 Å². The van der Waals surface area contributed by atoms with Gasteiger partial charge in [0.15, 0.2) is 0 Å². The van der Waals surface area contributed by atoms with E-state index in [1.165, 1.54) is 12.8 Å². The Labute approximate surface area is 106 Å². The maximum absolute atomic E-state index is 11.6. The molecule has 2 N–H and O–H groups in total. The molecule has 0 bridgehead atoms. The second-order valence-electron chi connectivity index (χ2n) is 5.28. The minimum Gasteiger partial charge on any atom is -0.464 e. The average Bonchev–Trinajstić information content (AvgIpc) is 2.28. The molecule has 3 heteroatoms. The van der Waals surface area contributed by atoms with Crippen molar-refractivity contribution in [2.75, 3.05) is 6.61 Å². The molecule has 0 radical (unpaired) electrons. The van der Waals surface area contributed by atoms with Crippen molar-refractivity contribution in [1.82, 2.24) is 0 Å². The Morgan fingerprint density at radius 1 is 1.29 bits per heavy atom. The van der Waals surface area contributed by atoms with Crippen LogP contribution in [0.4, 0.5) is 0 Å². The van der Waals surface area contributed by atoms with Crippen molar-refractivity contribution in [2.24, 2.45) is 17.6 Å². The van der Waals surface area contributed by atoms with E-state index >= 15 is 0 Å². The Morgan fingerprint density at radius 2 is 1.94 bits per heavy atom. The highest BCUT2D eigenvalue weighted by Gasteiger charge is 2.17. The van der Waals surface area contributed by atoms with Crippen molar-refractivity contribution in [3.8, 4) is 0 Å².